The summed E-state index contributed by atoms with van der Waals surface area (Å²) in [6.45, 7) is 5.52. The highest BCUT2D eigenvalue weighted by Gasteiger charge is 2.20. The molecule has 0 aliphatic carbocycles. The van der Waals surface area contributed by atoms with Crippen molar-refractivity contribution >= 4 is 16.9 Å². The van der Waals surface area contributed by atoms with Gasteiger partial charge in [0.2, 0.25) is 0 Å². The van der Waals surface area contributed by atoms with Crippen molar-refractivity contribution < 1.29 is 4.79 Å². The maximum absolute atomic E-state index is 12.6. The van der Waals surface area contributed by atoms with Crippen LogP contribution in [0.1, 0.15) is 15.9 Å². The van der Waals surface area contributed by atoms with Crippen LogP contribution in [0.25, 0.3) is 22.4 Å². The van der Waals surface area contributed by atoms with Gasteiger partial charge in [-0.05, 0) is 43.8 Å². The molecule has 2 heterocycles. The molecule has 0 radical (unpaired) electrons. The van der Waals surface area contributed by atoms with Crippen molar-refractivity contribution in [1.29, 1.82) is 0 Å². The number of nitrogens with zero attached hydrogens (tertiary/aromatic N) is 3. The van der Waals surface area contributed by atoms with Gasteiger partial charge in [0.1, 0.15) is 5.82 Å². The van der Waals surface area contributed by atoms with Crippen molar-refractivity contribution in [1.82, 2.24) is 19.8 Å². The van der Waals surface area contributed by atoms with Crippen molar-refractivity contribution in [3.8, 4) is 11.4 Å². The Morgan fingerprint density at radius 2 is 1.76 bits per heavy atom. The van der Waals surface area contributed by atoms with Gasteiger partial charge in [-0.3, -0.25) is 4.79 Å². The van der Waals surface area contributed by atoms with E-state index in [9.17, 15) is 4.79 Å². The number of aromatic nitrogens is 2. The molecule has 1 amide bonds. The van der Waals surface area contributed by atoms with E-state index in [-0.39, 0.29) is 5.91 Å². The molecule has 0 saturated carbocycles. The summed E-state index contributed by atoms with van der Waals surface area (Å²) in [4.78, 5) is 24.8. The first-order valence-corrected chi connectivity index (χ1v) is 8.65. The van der Waals surface area contributed by atoms with Crippen LogP contribution in [0.2, 0.25) is 0 Å². The summed E-state index contributed by atoms with van der Waals surface area (Å²) in [5, 5.41) is 0. The summed E-state index contributed by atoms with van der Waals surface area (Å²) < 4.78 is 0. The maximum atomic E-state index is 12.6. The van der Waals surface area contributed by atoms with Gasteiger partial charge in [0.05, 0.1) is 11.0 Å². The van der Waals surface area contributed by atoms with Gasteiger partial charge in [0, 0.05) is 37.3 Å². The van der Waals surface area contributed by atoms with Gasteiger partial charge >= 0.3 is 0 Å². The highest BCUT2D eigenvalue weighted by molar-refractivity contribution is 5.94. The number of carbonyl (C=O) groups is 1. The zero-order valence-corrected chi connectivity index (χ0v) is 14.6. The lowest BCUT2D eigenvalue weighted by Gasteiger charge is -2.32. The molecule has 128 valence electrons. The molecule has 25 heavy (non-hydrogen) atoms. The van der Waals surface area contributed by atoms with Crippen LogP contribution in [-0.2, 0) is 0 Å². The highest BCUT2D eigenvalue weighted by atomic mass is 16.2. The molecule has 0 bridgehead atoms. The molecule has 3 aromatic rings. The second kappa shape index (κ2) is 6.33. The van der Waals surface area contributed by atoms with Gasteiger partial charge in [0.25, 0.3) is 5.91 Å². The fraction of sp³-hybridized carbons (Fsp3) is 0.300. The highest BCUT2D eigenvalue weighted by Crippen LogP contribution is 2.22. The van der Waals surface area contributed by atoms with Crippen LogP contribution >= 0.6 is 0 Å². The predicted molar refractivity (Wildman–Crippen MR) is 99.7 cm³/mol. The third-order valence-corrected chi connectivity index (χ3v) is 4.83. The SMILES string of the molecule is Cc1ccc2nc(-c3ccc(C(=O)N4CCN(C)CC4)cc3)[nH]c2c1. The Labute approximate surface area is 147 Å². The van der Waals surface area contributed by atoms with Gasteiger partial charge in [0.15, 0.2) is 0 Å². The summed E-state index contributed by atoms with van der Waals surface area (Å²) in [6, 6.07) is 13.9. The second-order valence-electron chi connectivity index (χ2n) is 6.78. The van der Waals surface area contributed by atoms with Gasteiger partial charge in [-0.15, -0.1) is 0 Å². The monoisotopic (exact) mass is 334 g/mol. The van der Waals surface area contributed by atoms with E-state index in [0.29, 0.717) is 0 Å². The van der Waals surface area contributed by atoms with Crippen molar-refractivity contribution in [2.45, 2.75) is 6.92 Å². The number of carbonyl (C=O) groups excluding carboxylic acids is 1. The quantitative estimate of drug-likeness (QED) is 0.784. The molecule has 4 rings (SSSR count). The van der Waals surface area contributed by atoms with Crippen LogP contribution in [0.4, 0.5) is 0 Å². The van der Waals surface area contributed by atoms with E-state index < -0.39 is 0 Å². The molecule has 5 heteroatoms. The average molecular weight is 334 g/mol. The number of piperazine rings is 1. The molecular weight excluding hydrogens is 312 g/mol. The molecule has 0 spiro atoms. The van der Waals surface area contributed by atoms with Gasteiger partial charge in [-0.2, -0.15) is 0 Å². The number of hydrogen-bond donors (Lipinski definition) is 1. The molecular formula is C20H22N4O. The summed E-state index contributed by atoms with van der Waals surface area (Å²) in [5.74, 6) is 0.944. The third kappa shape index (κ3) is 3.15. The minimum Gasteiger partial charge on any atom is -0.338 e. The molecule has 1 saturated heterocycles. The van der Waals surface area contributed by atoms with E-state index >= 15 is 0 Å². The number of imidazole rings is 1. The molecule has 1 N–H and O–H groups in total. The van der Waals surface area contributed by atoms with E-state index in [4.69, 9.17) is 0 Å². The number of benzene rings is 2. The molecule has 0 unspecified atom stereocenters. The van der Waals surface area contributed by atoms with Crippen LogP contribution in [0.15, 0.2) is 42.5 Å². The Morgan fingerprint density at radius 3 is 2.48 bits per heavy atom. The number of nitrogens with one attached hydrogen (secondary N) is 1. The second-order valence-corrected chi connectivity index (χ2v) is 6.78. The number of aryl methyl sites for hydroxylation is 1. The van der Waals surface area contributed by atoms with Crippen molar-refractivity contribution in [3.05, 3.63) is 53.6 Å². The lowest BCUT2D eigenvalue weighted by molar-refractivity contribution is 0.0664. The van der Waals surface area contributed by atoms with Crippen molar-refractivity contribution in [2.24, 2.45) is 0 Å². The normalized spacial score (nSPS) is 15.7. The topological polar surface area (TPSA) is 52.2 Å². The first kappa shape index (κ1) is 15.8. The van der Waals surface area contributed by atoms with Gasteiger partial charge in [-0.25, -0.2) is 4.98 Å². The first-order valence-electron chi connectivity index (χ1n) is 8.65. The van der Waals surface area contributed by atoms with Crippen LogP contribution in [-0.4, -0.2) is 58.9 Å². The molecule has 1 fully saturated rings. The van der Waals surface area contributed by atoms with E-state index in [1.807, 2.05) is 35.2 Å². The largest absolute Gasteiger partial charge is 0.338 e. The fourth-order valence-corrected chi connectivity index (χ4v) is 3.22. The number of amides is 1. The fourth-order valence-electron chi connectivity index (χ4n) is 3.22. The maximum Gasteiger partial charge on any atom is 0.253 e. The standard InChI is InChI=1S/C20H22N4O/c1-14-3-8-17-18(13-14)22-19(21-17)15-4-6-16(7-5-15)20(25)24-11-9-23(2)10-12-24/h3-8,13H,9-12H2,1-2H3,(H,21,22). The Bertz CT molecular complexity index is 905. The van der Waals surface area contributed by atoms with E-state index in [0.717, 1.165) is 54.2 Å². The molecule has 1 aliphatic rings. The van der Waals surface area contributed by atoms with Crippen LogP contribution in [0, 0.1) is 6.92 Å². The lowest BCUT2D eigenvalue weighted by atomic mass is 10.1. The summed E-state index contributed by atoms with van der Waals surface area (Å²) in [6.07, 6.45) is 0. The Hall–Kier alpha value is -2.66. The number of H-pyrrole nitrogens is 1. The minimum absolute atomic E-state index is 0.111. The Kier molecular flexibility index (Phi) is 4.01. The minimum atomic E-state index is 0.111. The summed E-state index contributed by atoms with van der Waals surface area (Å²) >= 11 is 0. The van der Waals surface area contributed by atoms with Crippen molar-refractivity contribution in [2.75, 3.05) is 33.2 Å². The first-order chi connectivity index (χ1) is 12.1. The Balaban J connectivity index is 1.55. The van der Waals surface area contributed by atoms with Crippen LogP contribution in [0.5, 0.6) is 0 Å². The summed E-state index contributed by atoms with van der Waals surface area (Å²) in [7, 11) is 2.09. The van der Waals surface area contributed by atoms with Gasteiger partial charge < -0.3 is 14.8 Å². The molecule has 5 nitrogen and oxygen atoms in total. The van der Waals surface area contributed by atoms with E-state index in [1.54, 1.807) is 0 Å². The molecule has 0 atom stereocenters. The summed E-state index contributed by atoms with van der Waals surface area (Å²) in [5.41, 5.74) is 4.92. The van der Waals surface area contributed by atoms with Gasteiger partial charge in [-0.1, -0.05) is 18.2 Å². The number of likely N-dealkylation sites (N-methyl/N-ethyl adjacent to an activating group) is 1. The average Bonchev–Trinajstić information content (AvgIpc) is 3.05. The molecule has 2 aromatic carbocycles. The molecule has 1 aliphatic heterocycles. The third-order valence-electron chi connectivity index (χ3n) is 4.83. The number of rotatable bonds is 2. The zero-order valence-electron chi connectivity index (χ0n) is 14.6. The lowest BCUT2D eigenvalue weighted by Crippen LogP contribution is -2.47. The van der Waals surface area contributed by atoms with E-state index in [1.165, 1.54) is 5.56 Å². The number of hydrogen-bond acceptors (Lipinski definition) is 3. The van der Waals surface area contributed by atoms with Crippen LogP contribution in [0.3, 0.4) is 0 Å². The predicted octanol–water partition coefficient (Wildman–Crippen LogP) is 2.93. The van der Waals surface area contributed by atoms with Crippen LogP contribution < -0.4 is 0 Å². The molecule has 1 aromatic heterocycles. The zero-order chi connectivity index (χ0) is 17.4. The smallest absolute Gasteiger partial charge is 0.253 e. The number of fused-ring (bicyclic) bond motifs is 1. The Morgan fingerprint density at radius 1 is 1.04 bits per heavy atom. The van der Waals surface area contributed by atoms with Crippen molar-refractivity contribution in [3.63, 3.8) is 0 Å². The number of aromatic amines is 1. The van der Waals surface area contributed by atoms with E-state index in [2.05, 4.69) is 41.0 Å².